The maximum Gasteiger partial charge on any atom is 0.254 e. The Bertz CT molecular complexity index is 449. The van der Waals surface area contributed by atoms with Gasteiger partial charge in [0.15, 0.2) is 0 Å². The molecule has 0 aliphatic rings. The van der Waals surface area contributed by atoms with Gasteiger partial charge in [-0.05, 0) is 18.6 Å². The Labute approximate surface area is 92.7 Å². The molecule has 0 aliphatic heterocycles. The number of carbonyl (C=O) groups excluding carboxylic acids is 1. The van der Waals surface area contributed by atoms with Crippen LogP contribution in [0.25, 0.3) is 0 Å². The fraction of sp³-hybridized carbons (Fsp3) is 0.250. The molecule has 0 heterocycles. The highest BCUT2D eigenvalue weighted by atomic mass is 19.1. The third-order valence-corrected chi connectivity index (χ3v) is 2.05. The summed E-state index contributed by atoms with van der Waals surface area (Å²) >= 11 is 0. The number of halogens is 2. The third kappa shape index (κ3) is 2.80. The van der Waals surface area contributed by atoms with Gasteiger partial charge in [-0.3, -0.25) is 4.79 Å². The standard InChI is InChI=1S/C12H11F2NO/c1-3-4-5-15-12(16)9-6-8(2)10(13)7-11(9)14/h1,6-7H,4-5H2,2H3,(H,15,16). The molecule has 1 aromatic carbocycles. The van der Waals surface area contributed by atoms with Crippen LogP contribution in [0.2, 0.25) is 0 Å². The maximum atomic E-state index is 13.2. The Hall–Kier alpha value is -1.89. The Morgan fingerprint density at radius 2 is 2.12 bits per heavy atom. The molecular formula is C12H11F2NO. The van der Waals surface area contributed by atoms with Crippen molar-refractivity contribution >= 4 is 5.91 Å². The maximum absolute atomic E-state index is 13.2. The van der Waals surface area contributed by atoms with Crippen LogP contribution in [0.15, 0.2) is 12.1 Å². The molecule has 0 unspecified atom stereocenters. The van der Waals surface area contributed by atoms with Gasteiger partial charge in [0.25, 0.3) is 5.91 Å². The van der Waals surface area contributed by atoms with Gasteiger partial charge in [-0.15, -0.1) is 12.3 Å². The van der Waals surface area contributed by atoms with Crippen LogP contribution >= 0.6 is 0 Å². The zero-order valence-corrected chi connectivity index (χ0v) is 8.81. The van der Waals surface area contributed by atoms with E-state index >= 15 is 0 Å². The first-order valence-corrected chi connectivity index (χ1v) is 4.73. The van der Waals surface area contributed by atoms with Crippen molar-refractivity contribution in [3.05, 3.63) is 34.9 Å². The monoisotopic (exact) mass is 223 g/mol. The highest BCUT2D eigenvalue weighted by Crippen LogP contribution is 2.13. The van der Waals surface area contributed by atoms with Crippen molar-refractivity contribution in [2.45, 2.75) is 13.3 Å². The van der Waals surface area contributed by atoms with Crippen LogP contribution in [0.5, 0.6) is 0 Å². The van der Waals surface area contributed by atoms with E-state index in [1.807, 2.05) is 0 Å². The summed E-state index contributed by atoms with van der Waals surface area (Å²) in [6.45, 7) is 1.73. The predicted molar refractivity (Wildman–Crippen MR) is 56.9 cm³/mol. The Morgan fingerprint density at radius 1 is 1.44 bits per heavy atom. The van der Waals surface area contributed by atoms with E-state index in [1.54, 1.807) is 0 Å². The Balaban J connectivity index is 2.84. The van der Waals surface area contributed by atoms with Crippen LogP contribution in [0.4, 0.5) is 8.78 Å². The van der Waals surface area contributed by atoms with Crippen LogP contribution in [-0.4, -0.2) is 12.5 Å². The first kappa shape index (κ1) is 12.2. The number of hydrogen-bond donors (Lipinski definition) is 1. The molecule has 0 radical (unpaired) electrons. The lowest BCUT2D eigenvalue weighted by atomic mass is 10.1. The molecule has 0 aliphatic carbocycles. The summed E-state index contributed by atoms with van der Waals surface area (Å²) in [6.07, 6.45) is 5.37. The summed E-state index contributed by atoms with van der Waals surface area (Å²) in [6, 6.07) is 1.88. The molecule has 0 aromatic heterocycles. The van der Waals surface area contributed by atoms with E-state index in [4.69, 9.17) is 6.42 Å². The number of amides is 1. The largest absolute Gasteiger partial charge is 0.351 e. The fourth-order valence-corrected chi connectivity index (χ4v) is 1.17. The number of nitrogens with one attached hydrogen (secondary N) is 1. The molecule has 4 heteroatoms. The van der Waals surface area contributed by atoms with E-state index in [9.17, 15) is 13.6 Å². The SMILES string of the molecule is C#CCCNC(=O)c1cc(C)c(F)cc1F. The van der Waals surface area contributed by atoms with Crippen molar-refractivity contribution in [2.24, 2.45) is 0 Å². The first-order valence-electron chi connectivity index (χ1n) is 4.73. The highest BCUT2D eigenvalue weighted by molar-refractivity contribution is 5.94. The number of hydrogen-bond acceptors (Lipinski definition) is 1. The minimum absolute atomic E-state index is 0.170. The molecule has 84 valence electrons. The third-order valence-electron chi connectivity index (χ3n) is 2.05. The predicted octanol–water partition coefficient (Wildman–Crippen LogP) is 2.03. The van der Waals surface area contributed by atoms with E-state index in [0.29, 0.717) is 12.5 Å². The summed E-state index contributed by atoms with van der Waals surface area (Å²) in [7, 11) is 0. The molecule has 2 nitrogen and oxygen atoms in total. The molecule has 0 bridgehead atoms. The number of aryl methyl sites for hydroxylation is 1. The summed E-state index contributed by atoms with van der Waals surface area (Å²) in [5, 5.41) is 2.44. The molecule has 0 atom stereocenters. The van der Waals surface area contributed by atoms with Crippen molar-refractivity contribution in [3.63, 3.8) is 0 Å². The van der Waals surface area contributed by atoms with E-state index in [0.717, 1.165) is 0 Å². The van der Waals surface area contributed by atoms with Crippen LogP contribution in [0.3, 0.4) is 0 Å². The van der Waals surface area contributed by atoms with Gasteiger partial charge in [-0.2, -0.15) is 0 Å². The molecule has 0 saturated heterocycles. The van der Waals surface area contributed by atoms with Crippen molar-refractivity contribution in [1.82, 2.24) is 5.32 Å². The van der Waals surface area contributed by atoms with Gasteiger partial charge < -0.3 is 5.32 Å². The van der Waals surface area contributed by atoms with E-state index in [2.05, 4.69) is 11.2 Å². The molecular weight excluding hydrogens is 212 g/mol. The number of benzene rings is 1. The van der Waals surface area contributed by atoms with Gasteiger partial charge in [0, 0.05) is 19.0 Å². The average Bonchev–Trinajstić information content (AvgIpc) is 2.23. The Morgan fingerprint density at radius 3 is 2.75 bits per heavy atom. The van der Waals surface area contributed by atoms with E-state index in [1.165, 1.54) is 13.0 Å². The van der Waals surface area contributed by atoms with E-state index in [-0.39, 0.29) is 17.7 Å². The fourth-order valence-electron chi connectivity index (χ4n) is 1.17. The van der Waals surface area contributed by atoms with Gasteiger partial charge in [-0.25, -0.2) is 8.78 Å². The molecule has 0 saturated carbocycles. The van der Waals surface area contributed by atoms with Crippen LogP contribution in [-0.2, 0) is 0 Å². The summed E-state index contributed by atoms with van der Waals surface area (Å²) in [4.78, 5) is 11.5. The second kappa shape index (κ2) is 5.26. The molecule has 0 spiro atoms. The lowest BCUT2D eigenvalue weighted by Crippen LogP contribution is -2.25. The smallest absolute Gasteiger partial charge is 0.254 e. The molecule has 0 fully saturated rings. The average molecular weight is 223 g/mol. The van der Waals surface area contributed by atoms with Crippen molar-refractivity contribution in [2.75, 3.05) is 6.54 Å². The first-order chi connectivity index (χ1) is 7.56. The van der Waals surface area contributed by atoms with Gasteiger partial charge >= 0.3 is 0 Å². The molecule has 1 amide bonds. The zero-order chi connectivity index (χ0) is 12.1. The zero-order valence-electron chi connectivity index (χ0n) is 8.81. The lowest BCUT2D eigenvalue weighted by molar-refractivity contribution is 0.0950. The summed E-state index contributed by atoms with van der Waals surface area (Å²) < 4.78 is 26.2. The molecule has 16 heavy (non-hydrogen) atoms. The quantitative estimate of drug-likeness (QED) is 0.616. The minimum atomic E-state index is -0.874. The summed E-state index contributed by atoms with van der Waals surface area (Å²) in [5.41, 5.74) is 0.0550. The minimum Gasteiger partial charge on any atom is -0.351 e. The van der Waals surface area contributed by atoms with E-state index < -0.39 is 17.5 Å². The van der Waals surface area contributed by atoms with Gasteiger partial charge in [0.05, 0.1) is 5.56 Å². The Kier molecular flexibility index (Phi) is 4.01. The highest BCUT2D eigenvalue weighted by Gasteiger charge is 2.13. The van der Waals surface area contributed by atoms with Crippen LogP contribution in [0.1, 0.15) is 22.3 Å². The van der Waals surface area contributed by atoms with Crippen LogP contribution in [0, 0.1) is 30.9 Å². The normalized spacial score (nSPS) is 9.62. The molecule has 1 rings (SSSR count). The second-order valence-corrected chi connectivity index (χ2v) is 3.29. The lowest BCUT2D eigenvalue weighted by Gasteiger charge is -2.06. The number of rotatable bonds is 3. The van der Waals surface area contributed by atoms with Crippen molar-refractivity contribution < 1.29 is 13.6 Å². The number of terminal acetylenes is 1. The summed E-state index contributed by atoms with van der Waals surface area (Å²) in [5.74, 6) is 0.211. The van der Waals surface area contributed by atoms with Gasteiger partial charge in [0.1, 0.15) is 11.6 Å². The van der Waals surface area contributed by atoms with Crippen molar-refractivity contribution in [3.8, 4) is 12.3 Å². The number of carbonyl (C=O) groups is 1. The molecule has 1 N–H and O–H groups in total. The van der Waals surface area contributed by atoms with Gasteiger partial charge in [0.2, 0.25) is 0 Å². The molecule has 1 aromatic rings. The van der Waals surface area contributed by atoms with Crippen molar-refractivity contribution in [1.29, 1.82) is 0 Å². The second-order valence-electron chi connectivity index (χ2n) is 3.29. The van der Waals surface area contributed by atoms with Crippen LogP contribution < -0.4 is 5.32 Å². The van der Waals surface area contributed by atoms with Gasteiger partial charge in [-0.1, -0.05) is 0 Å². The topological polar surface area (TPSA) is 29.1 Å².